The smallest absolute Gasteiger partial charge is 0.410 e. The molecule has 1 aliphatic carbocycles. The molecule has 0 atom stereocenters. The lowest BCUT2D eigenvalue weighted by atomic mass is 9.71. The number of carboxylic acid groups (broad SMARTS) is 1. The van der Waals surface area contributed by atoms with Gasteiger partial charge in [-0.25, -0.2) is 4.79 Å². The molecule has 0 aromatic carbocycles. The number of hydrogen-bond donors (Lipinski definition) is 1. The van der Waals surface area contributed by atoms with Gasteiger partial charge in [0.1, 0.15) is 5.60 Å². The maximum Gasteiger partial charge on any atom is 0.410 e. The molecule has 5 nitrogen and oxygen atoms in total. The first kappa shape index (κ1) is 18.3. The molecule has 0 unspecified atom stereocenters. The zero-order valence-corrected chi connectivity index (χ0v) is 14.7. The van der Waals surface area contributed by atoms with Crippen LogP contribution >= 0.6 is 0 Å². The van der Waals surface area contributed by atoms with Crippen LogP contribution in [-0.4, -0.2) is 40.8 Å². The van der Waals surface area contributed by atoms with Crippen molar-refractivity contribution in [1.82, 2.24) is 4.90 Å². The average molecular weight is 333 g/mol. The normalized spacial score (nSPS) is 25.6. The second kappa shape index (κ2) is 7.24. The van der Waals surface area contributed by atoms with Crippen molar-refractivity contribution < 1.29 is 19.4 Å². The van der Waals surface area contributed by atoms with Crippen LogP contribution in [0.3, 0.4) is 0 Å². The summed E-state index contributed by atoms with van der Waals surface area (Å²) in [4.78, 5) is 25.8. The van der Waals surface area contributed by atoms with Crippen molar-refractivity contribution in [3.05, 3.63) is 36.0 Å². The van der Waals surface area contributed by atoms with E-state index >= 15 is 0 Å². The quantitative estimate of drug-likeness (QED) is 0.831. The first-order valence-electron chi connectivity index (χ1n) is 8.50. The van der Waals surface area contributed by atoms with Gasteiger partial charge in [-0.3, -0.25) is 4.79 Å². The highest BCUT2D eigenvalue weighted by molar-refractivity contribution is 5.80. The van der Waals surface area contributed by atoms with Crippen LogP contribution in [0.5, 0.6) is 0 Å². The summed E-state index contributed by atoms with van der Waals surface area (Å²) in [6.07, 6.45) is 12.1. The monoisotopic (exact) mass is 333 g/mol. The summed E-state index contributed by atoms with van der Waals surface area (Å²) in [6.45, 7) is 6.25. The number of likely N-dealkylation sites (tertiary alicyclic amines) is 1. The van der Waals surface area contributed by atoms with Crippen LogP contribution in [0.4, 0.5) is 4.79 Å². The SMILES string of the molecule is CC(C)(C)OC(=O)N1CCC(C(=O)O)(C2=C/C=C\CC/C=C\2)CC1. The molecule has 2 aliphatic rings. The third-order valence-electron chi connectivity index (χ3n) is 4.44. The summed E-state index contributed by atoms with van der Waals surface area (Å²) in [6, 6.07) is 0. The second-order valence-electron chi connectivity index (χ2n) is 7.38. The molecule has 2 rings (SSSR count). The number of amides is 1. The number of allylic oxidation sites excluding steroid dienone is 5. The minimum absolute atomic E-state index is 0.372. The van der Waals surface area contributed by atoms with Crippen LogP contribution in [0.25, 0.3) is 0 Å². The third-order valence-corrected chi connectivity index (χ3v) is 4.44. The standard InChI is InChI=1S/C19H27NO4/c1-18(2,3)24-17(23)20-13-11-19(12-14-20,16(21)22)15-9-7-5-4-6-8-10-15/h5,7-10H,4,6,11-14H2,1-3H3,(H,21,22)/b7-5-,10-8-,15-9+. The van der Waals surface area contributed by atoms with Crippen molar-refractivity contribution >= 4 is 12.1 Å². The summed E-state index contributed by atoms with van der Waals surface area (Å²) in [7, 11) is 0. The number of carboxylic acids is 1. The molecule has 0 aromatic rings. The summed E-state index contributed by atoms with van der Waals surface area (Å²) in [5.74, 6) is -0.823. The first-order valence-corrected chi connectivity index (χ1v) is 8.50. The number of ether oxygens (including phenoxy) is 1. The topological polar surface area (TPSA) is 66.8 Å². The van der Waals surface area contributed by atoms with E-state index < -0.39 is 17.0 Å². The summed E-state index contributed by atoms with van der Waals surface area (Å²) >= 11 is 0. The number of carbonyl (C=O) groups is 2. The highest BCUT2D eigenvalue weighted by Gasteiger charge is 2.45. The highest BCUT2D eigenvalue weighted by atomic mass is 16.6. The van der Waals surface area contributed by atoms with E-state index in [1.54, 1.807) is 4.90 Å². The maximum absolute atomic E-state index is 12.2. The van der Waals surface area contributed by atoms with Crippen molar-refractivity contribution in [2.45, 2.75) is 52.1 Å². The Hall–Kier alpha value is -2.04. The molecule has 1 heterocycles. The molecule has 0 saturated carbocycles. The van der Waals surface area contributed by atoms with Crippen molar-refractivity contribution in [3.8, 4) is 0 Å². The van der Waals surface area contributed by atoms with E-state index in [2.05, 4.69) is 6.08 Å². The Kier molecular flexibility index (Phi) is 5.52. The summed E-state index contributed by atoms with van der Waals surface area (Å²) < 4.78 is 5.39. The molecule has 1 amide bonds. The molecular formula is C19H27NO4. The van der Waals surface area contributed by atoms with Crippen LogP contribution in [0.1, 0.15) is 46.5 Å². The van der Waals surface area contributed by atoms with Gasteiger partial charge >= 0.3 is 12.1 Å². The minimum Gasteiger partial charge on any atom is -0.481 e. The van der Waals surface area contributed by atoms with Gasteiger partial charge in [0.15, 0.2) is 0 Å². The molecule has 24 heavy (non-hydrogen) atoms. The Balaban J connectivity index is 2.15. The van der Waals surface area contributed by atoms with E-state index in [-0.39, 0.29) is 6.09 Å². The highest BCUT2D eigenvalue weighted by Crippen LogP contribution is 2.40. The van der Waals surface area contributed by atoms with Crippen LogP contribution in [0.15, 0.2) is 36.0 Å². The minimum atomic E-state index is -0.934. The van der Waals surface area contributed by atoms with Gasteiger partial charge in [0, 0.05) is 13.1 Å². The first-order chi connectivity index (χ1) is 11.2. The number of aliphatic carboxylic acids is 1. The van der Waals surface area contributed by atoms with Crippen LogP contribution in [-0.2, 0) is 9.53 Å². The van der Waals surface area contributed by atoms with E-state index in [4.69, 9.17) is 4.74 Å². The Morgan fingerprint density at radius 3 is 2.38 bits per heavy atom. The lowest BCUT2D eigenvalue weighted by Crippen LogP contribution is -2.48. The maximum atomic E-state index is 12.2. The summed E-state index contributed by atoms with van der Waals surface area (Å²) in [5.41, 5.74) is -0.667. The molecular weight excluding hydrogens is 306 g/mol. The van der Waals surface area contributed by atoms with Gasteiger partial charge in [0.2, 0.25) is 0 Å². The Morgan fingerprint density at radius 2 is 1.79 bits per heavy atom. The van der Waals surface area contributed by atoms with Crippen molar-refractivity contribution in [3.63, 3.8) is 0 Å². The number of hydrogen-bond acceptors (Lipinski definition) is 3. The third kappa shape index (κ3) is 4.28. The molecule has 5 heteroatoms. The Bertz CT molecular complexity index is 573. The number of carbonyl (C=O) groups excluding carboxylic acids is 1. The lowest BCUT2D eigenvalue weighted by Gasteiger charge is -2.40. The molecule has 1 saturated heterocycles. The van der Waals surface area contributed by atoms with Gasteiger partial charge in [-0.2, -0.15) is 0 Å². The van der Waals surface area contributed by atoms with Crippen LogP contribution in [0.2, 0.25) is 0 Å². The van der Waals surface area contributed by atoms with Crippen molar-refractivity contribution in [2.75, 3.05) is 13.1 Å². The van der Waals surface area contributed by atoms with Gasteiger partial charge in [-0.15, -0.1) is 0 Å². The van der Waals surface area contributed by atoms with E-state index in [0.29, 0.717) is 25.9 Å². The molecule has 0 bridgehead atoms. The fraction of sp³-hybridized carbons (Fsp3) is 0.579. The molecule has 0 radical (unpaired) electrons. The fourth-order valence-electron chi connectivity index (χ4n) is 3.07. The Labute approximate surface area is 143 Å². The molecule has 132 valence electrons. The number of rotatable bonds is 2. The molecule has 1 aliphatic heterocycles. The molecule has 1 fully saturated rings. The van der Waals surface area contributed by atoms with E-state index in [1.165, 1.54) is 0 Å². The van der Waals surface area contributed by atoms with E-state index in [1.807, 2.05) is 45.1 Å². The van der Waals surface area contributed by atoms with Gasteiger partial charge < -0.3 is 14.7 Å². The van der Waals surface area contributed by atoms with E-state index in [0.717, 1.165) is 18.4 Å². The fourth-order valence-corrected chi connectivity index (χ4v) is 3.07. The van der Waals surface area contributed by atoms with Gasteiger partial charge in [0.25, 0.3) is 0 Å². The predicted molar refractivity (Wildman–Crippen MR) is 92.7 cm³/mol. The second-order valence-corrected chi connectivity index (χ2v) is 7.38. The van der Waals surface area contributed by atoms with Gasteiger partial charge in [-0.05, 0) is 52.0 Å². The average Bonchev–Trinajstić information content (AvgIpc) is 2.45. The summed E-state index contributed by atoms with van der Waals surface area (Å²) in [5, 5.41) is 9.88. The lowest BCUT2D eigenvalue weighted by molar-refractivity contribution is -0.149. The Morgan fingerprint density at radius 1 is 1.17 bits per heavy atom. The predicted octanol–water partition coefficient (Wildman–Crippen LogP) is 3.92. The number of piperidine rings is 1. The molecule has 0 spiro atoms. The van der Waals surface area contributed by atoms with Crippen LogP contribution < -0.4 is 0 Å². The van der Waals surface area contributed by atoms with E-state index in [9.17, 15) is 14.7 Å². The number of nitrogens with zero attached hydrogens (tertiary/aromatic N) is 1. The van der Waals surface area contributed by atoms with Gasteiger partial charge in [-0.1, -0.05) is 30.4 Å². The van der Waals surface area contributed by atoms with Gasteiger partial charge in [0.05, 0.1) is 5.41 Å². The van der Waals surface area contributed by atoms with Crippen molar-refractivity contribution in [1.29, 1.82) is 0 Å². The zero-order valence-electron chi connectivity index (χ0n) is 14.7. The van der Waals surface area contributed by atoms with Crippen molar-refractivity contribution in [2.24, 2.45) is 5.41 Å². The molecule has 1 N–H and O–H groups in total. The largest absolute Gasteiger partial charge is 0.481 e. The van der Waals surface area contributed by atoms with Crippen LogP contribution in [0, 0.1) is 5.41 Å². The zero-order chi connectivity index (χ0) is 17.8. The molecule has 0 aromatic heterocycles.